The molecular weight excluding hydrogens is 286 g/mol. The minimum absolute atomic E-state index is 0.245. The van der Waals surface area contributed by atoms with E-state index in [1.165, 1.54) is 19.3 Å². The standard InChI is InChI=1S/C15H23N3O2S/c1-9-6-4-5-7-13(9)16-15(21)18-17-14(19)12-8-10(2)20-11(12)3/h8-9,13H,4-7H2,1-3H3,(H,17,19)(H2,16,18,21)/t9-,13-/m0/s1. The van der Waals surface area contributed by atoms with Crippen LogP contribution in [0.25, 0.3) is 0 Å². The van der Waals surface area contributed by atoms with Gasteiger partial charge in [-0.15, -0.1) is 0 Å². The Morgan fingerprint density at radius 2 is 2.00 bits per heavy atom. The van der Waals surface area contributed by atoms with Crippen LogP contribution in [0.1, 0.15) is 54.5 Å². The highest BCUT2D eigenvalue weighted by atomic mass is 32.1. The van der Waals surface area contributed by atoms with Crippen LogP contribution in [0.15, 0.2) is 10.5 Å². The van der Waals surface area contributed by atoms with Gasteiger partial charge < -0.3 is 9.73 Å². The maximum Gasteiger partial charge on any atom is 0.273 e. The molecule has 116 valence electrons. The zero-order chi connectivity index (χ0) is 15.4. The number of hydrazine groups is 1. The van der Waals surface area contributed by atoms with E-state index in [1.54, 1.807) is 13.0 Å². The highest BCUT2D eigenvalue weighted by Gasteiger charge is 2.22. The first-order valence-electron chi connectivity index (χ1n) is 7.41. The van der Waals surface area contributed by atoms with Gasteiger partial charge in [0.2, 0.25) is 0 Å². The topological polar surface area (TPSA) is 66.3 Å². The molecule has 1 aliphatic rings. The Kier molecular flexibility index (Phi) is 5.22. The predicted octanol–water partition coefficient (Wildman–Crippen LogP) is 2.58. The lowest BCUT2D eigenvalue weighted by Gasteiger charge is -2.30. The number of amides is 1. The summed E-state index contributed by atoms with van der Waals surface area (Å²) in [5, 5.41) is 3.74. The van der Waals surface area contributed by atoms with E-state index in [-0.39, 0.29) is 5.91 Å². The van der Waals surface area contributed by atoms with Crippen molar-refractivity contribution in [1.29, 1.82) is 0 Å². The first-order chi connectivity index (χ1) is 9.97. The molecule has 1 heterocycles. The fourth-order valence-corrected chi connectivity index (χ4v) is 2.97. The molecule has 0 saturated heterocycles. The quantitative estimate of drug-likeness (QED) is 0.579. The molecule has 1 amide bonds. The Labute approximate surface area is 130 Å². The average Bonchev–Trinajstić information content (AvgIpc) is 2.78. The van der Waals surface area contributed by atoms with Gasteiger partial charge in [0.15, 0.2) is 5.11 Å². The van der Waals surface area contributed by atoms with Crippen molar-refractivity contribution in [3.8, 4) is 0 Å². The van der Waals surface area contributed by atoms with Crippen LogP contribution < -0.4 is 16.2 Å². The van der Waals surface area contributed by atoms with Gasteiger partial charge in [0.05, 0.1) is 5.56 Å². The summed E-state index contributed by atoms with van der Waals surface area (Å²) in [6, 6.07) is 2.10. The molecule has 2 atom stereocenters. The molecule has 0 aliphatic heterocycles. The van der Waals surface area contributed by atoms with Gasteiger partial charge in [-0.2, -0.15) is 0 Å². The molecule has 0 aromatic carbocycles. The van der Waals surface area contributed by atoms with Crippen LogP contribution >= 0.6 is 12.2 Å². The van der Waals surface area contributed by atoms with E-state index in [0.717, 1.165) is 12.2 Å². The third-order valence-corrected chi connectivity index (χ3v) is 4.22. The summed E-state index contributed by atoms with van der Waals surface area (Å²) in [6.07, 6.45) is 4.86. The lowest BCUT2D eigenvalue weighted by atomic mass is 9.86. The molecule has 0 radical (unpaired) electrons. The third kappa shape index (κ3) is 4.20. The number of rotatable bonds is 2. The Hall–Kier alpha value is -1.56. The van der Waals surface area contributed by atoms with Gasteiger partial charge in [0.25, 0.3) is 5.91 Å². The third-order valence-electron chi connectivity index (χ3n) is 4.00. The first-order valence-corrected chi connectivity index (χ1v) is 7.82. The van der Waals surface area contributed by atoms with Crippen LogP contribution in [0.2, 0.25) is 0 Å². The van der Waals surface area contributed by atoms with Crippen LogP contribution in [-0.4, -0.2) is 17.1 Å². The summed E-state index contributed by atoms with van der Waals surface area (Å²) in [4.78, 5) is 12.0. The number of carbonyl (C=O) groups excluding carboxylic acids is 1. The van der Waals surface area contributed by atoms with Crippen molar-refractivity contribution in [2.75, 3.05) is 0 Å². The maximum absolute atomic E-state index is 12.0. The van der Waals surface area contributed by atoms with Crippen molar-refractivity contribution in [2.24, 2.45) is 5.92 Å². The van der Waals surface area contributed by atoms with Crippen molar-refractivity contribution in [1.82, 2.24) is 16.2 Å². The second-order valence-corrected chi connectivity index (χ2v) is 6.16. The van der Waals surface area contributed by atoms with Gasteiger partial charge in [-0.1, -0.05) is 19.8 Å². The summed E-state index contributed by atoms with van der Waals surface area (Å²) in [5.41, 5.74) is 5.89. The molecule has 3 N–H and O–H groups in total. The lowest BCUT2D eigenvalue weighted by Crippen LogP contribution is -2.51. The molecule has 1 fully saturated rings. The largest absolute Gasteiger partial charge is 0.466 e. The fourth-order valence-electron chi connectivity index (χ4n) is 2.77. The molecular formula is C15H23N3O2S. The zero-order valence-electron chi connectivity index (χ0n) is 12.8. The maximum atomic E-state index is 12.0. The molecule has 2 rings (SSSR count). The average molecular weight is 309 g/mol. The van der Waals surface area contributed by atoms with Crippen LogP contribution in [0.5, 0.6) is 0 Å². The van der Waals surface area contributed by atoms with Crippen LogP contribution in [0.3, 0.4) is 0 Å². The van der Waals surface area contributed by atoms with E-state index in [2.05, 4.69) is 23.1 Å². The minimum Gasteiger partial charge on any atom is -0.466 e. The Bertz CT molecular complexity index is 527. The Balaban J connectivity index is 1.81. The highest BCUT2D eigenvalue weighted by Crippen LogP contribution is 2.23. The first kappa shape index (κ1) is 15.8. The van der Waals surface area contributed by atoms with Gasteiger partial charge in [0, 0.05) is 6.04 Å². The summed E-state index contributed by atoms with van der Waals surface area (Å²) in [6.45, 7) is 5.81. The molecule has 0 bridgehead atoms. The minimum atomic E-state index is -0.245. The van der Waals surface area contributed by atoms with E-state index >= 15 is 0 Å². The molecule has 0 unspecified atom stereocenters. The Morgan fingerprint density at radius 3 is 2.62 bits per heavy atom. The van der Waals surface area contributed by atoms with Gasteiger partial charge in [-0.05, 0) is 50.9 Å². The van der Waals surface area contributed by atoms with Crippen molar-refractivity contribution < 1.29 is 9.21 Å². The van der Waals surface area contributed by atoms with Crippen molar-refractivity contribution in [3.63, 3.8) is 0 Å². The van der Waals surface area contributed by atoms with Crippen molar-refractivity contribution >= 4 is 23.2 Å². The second kappa shape index (κ2) is 6.93. The number of carbonyl (C=O) groups is 1. The summed E-state index contributed by atoms with van der Waals surface area (Å²) >= 11 is 5.23. The summed E-state index contributed by atoms with van der Waals surface area (Å²) in [7, 11) is 0. The van der Waals surface area contributed by atoms with Gasteiger partial charge in [-0.3, -0.25) is 15.6 Å². The molecule has 21 heavy (non-hydrogen) atoms. The Morgan fingerprint density at radius 1 is 1.29 bits per heavy atom. The fraction of sp³-hybridized carbons (Fsp3) is 0.600. The van der Waals surface area contributed by atoms with E-state index < -0.39 is 0 Å². The molecule has 0 spiro atoms. The molecule has 1 saturated carbocycles. The SMILES string of the molecule is Cc1cc(C(=O)NNC(=S)N[C@H]2CCCC[C@@H]2C)c(C)o1. The molecule has 1 aliphatic carbocycles. The summed E-state index contributed by atoms with van der Waals surface area (Å²) in [5.74, 6) is 1.68. The van der Waals surface area contributed by atoms with E-state index in [1.807, 2.05) is 6.92 Å². The highest BCUT2D eigenvalue weighted by molar-refractivity contribution is 7.80. The van der Waals surface area contributed by atoms with Crippen molar-refractivity contribution in [3.05, 3.63) is 23.2 Å². The molecule has 1 aromatic rings. The zero-order valence-corrected chi connectivity index (χ0v) is 13.6. The van der Waals surface area contributed by atoms with Gasteiger partial charge >= 0.3 is 0 Å². The molecule has 6 heteroatoms. The van der Waals surface area contributed by atoms with Crippen LogP contribution in [0.4, 0.5) is 0 Å². The van der Waals surface area contributed by atoms with Gasteiger partial charge in [0.1, 0.15) is 11.5 Å². The number of aryl methyl sites for hydroxylation is 2. The monoisotopic (exact) mass is 309 g/mol. The lowest BCUT2D eigenvalue weighted by molar-refractivity contribution is 0.0942. The second-order valence-electron chi connectivity index (χ2n) is 5.75. The van der Waals surface area contributed by atoms with Gasteiger partial charge in [-0.25, -0.2) is 0 Å². The molecule has 1 aromatic heterocycles. The predicted molar refractivity (Wildman–Crippen MR) is 85.9 cm³/mol. The van der Waals surface area contributed by atoms with E-state index in [9.17, 15) is 4.79 Å². The van der Waals surface area contributed by atoms with Crippen LogP contribution in [0, 0.1) is 19.8 Å². The number of hydrogen-bond donors (Lipinski definition) is 3. The molecule has 5 nitrogen and oxygen atoms in total. The summed E-state index contributed by atoms with van der Waals surface area (Å²) < 4.78 is 5.34. The number of hydrogen-bond acceptors (Lipinski definition) is 3. The number of furan rings is 1. The van der Waals surface area contributed by atoms with E-state index in [0.29, 0.717) is 28.4 Å². The number of thiocarbonyl (C=S) groups is 1. The number of nitrogens with one attached hydrogen (secondary N) is 3. The smallest absolute Gasteiger partial charge is 0.273 e. The van der Waals surface area contributed by atoms with Crippen molar-refractivity contribution in [2.45, 2.75) is 52.5 Å². The normalized spacial score (nSPS) is 21.7. The van der Waals surface area contributed by atoms with Crippen LogP contribution in [-0.2, 0) is 0 Å². The van der Waals surface area contributed by atoms with E-state index in [4.69, 9.17) is 16.6 Å².